The van der Waals surface area contributed by atoms with Gasteiger partial charge in [-0.1, -0.05) is 26.0 Å². The Balaban J connectivity index is 0.00000102. The predicted molar refractivity (Wildman–Crippen MR) is 106 cm³/mol. The Kier molecular flexibility index (Phi) is 6.82. The van der Waals surface area contributed by atoms with Crippen LogP contribution in [0.3, 0.4) is 0 Å². The summed E-state index contributed by atoms with van der Waals surface area (Å²) in [6, 6.07) is 14.1. The maximum Gasteiger partial charge on any atom is 0.231 e. The van der Waals surface area contributed by atoms with Crippen LogP contribution >= 0.6 is 0 Å². The first-order chi connectivity index (χ1) is 13.3. The predicted octanol–water partition coefficient (Wildman–Crippen LogP) is 4.22. The van der Waals surface area contributed by atoms with Gasteiger partial charge in [0.1, 0.15) is 11.5 Å². The molecule has 0 amide bonds. The zero-order valence-electron chi connectivity index (χ0n) is 16.4. The van der Waals surface area contributed by atoms with Gasteiger partial charge in [-0.15, -0.1) is 0 Å². The van der Waals surface area contributed by atoms with E-state index < -0.39 is 0 Å². The van der Waals surface area contributed by atoms with Gasteiger partial charge in [-0.25, -0.2) is 0 Å². The van der Waals surface area contributed by atoms with Crippen LogP contribution in [-0.4, -0.2) is 33.6 Å². The number of rotatable bonds is 5. The number of nitrogens with one attached hydrogen (secondary N) is 1. The molecule has 1 saturated heterocycles. The fourth-order valence-corrected chi connectivity index (χ4v) is 3.56. The molecule has 0 aromatic heterocycles. The Morgan fingerprint density at radius 3 is 2.52 bits per heavy atom. The van der Waals surface area contributed by atoms with E-state index in [9.17, 15) is 0 Å². The number of methoxy groups -OCH3 is 1. The normalized spacial score (nSPS) is 20.4. The zero-order valence-corrected chi connectivity index (χ0v) is 16.4. The lowest BCUT2D eigenvalue weighted by atomic mass is 9.81. The molecule has 0 saturated carbocycles. The van der Waals surface area contributed by atoms with Crippen molar-refractivity contribution in [1.82, 2.24) is 5.32 Å². The van der Waals surface area contributed by atoms with E-state index in [-0.39, 0.29) is 6.79 Å². The third-order valence-corrected chi connectivity index (χ3v) is 4.96. The summed E-state index contributed by atoms with van der Waals surface area (Å²) in [6.07, 6.45) is 1.11. The fourth-order valence-electron chi connectivity index (χ4n) is 3.56. The molecule has 2 aromatic rings. The molecule has 0 aliphatic carbocycles. The second-order valence-corrected chi connectivity index (χ2v) is 6.46. The SMILES string of the molecule is CC.COc1ccc(C2CCNC[C@H]2COc2ccc3c(c2)OCO3)cc1. The van der Waals surface area contributed by atoms with Crippen molar-refractivity contribution in [2.75, 3.05) is 33.6 Å². The van der Waals surface area contributed by atoms with E-state index in [0.29, 0.717) is 18.4 Å². The van der Waals surface area contributed by atoms with E-state index in [4.69, 9.17) is 18.9 Å². The Bertz CT molecular complexity index is 717. The van der Waals surface area contributed by atoms with Crippen molar-refractivity contribution in [3.8, 4) is 23.0 Å². The number of benzene rings is 2. The van der Waals surface area contributed by atoms with Crippen molar-refractivity contribution in [3.05, 3.63) is 48.0 Å². The number of piperidine rings is 1. The monoisotopic (exact) mass is 371 g/mol. The van der Waals surface area contributed by atoms with Crippen LogP contribution in [0.25, 0.3) is 0 Å². The van der Waals surface area contributed by atoms with Gasteiger partial charge in [-0.2, -0.15) is 0 Å². The Morgan fingerprint density at radius 2 is 1.74 bits per heavy atom. The average molecular weight is 371 g/mol. The first-order valence-corrected chi connectivity index (χ1v) is 9.70. The van der Waals surface area contributed by atoms with Crippen LogP contribution in [0, 0.1) is 5.92 Å². The molecule has 1 N–H and O–H groups in total. The molecule has 0 spiro atoms. The summed E-state index contributed by atoms with van der Waals surface area (Å²) < 4.78 is 22.1. The van der Waals surface area contributed by atoms with Crippen LogP contribution < -0.4 is 24.3 Å². The van der Waals surface area contributed by atoms with Gasteiger partial charge < -0.3 is 24.3 Å². The van der Waals surface area contributed by atoms with Crippen LogP contribution in [0.5, 0.6) is 23.0 Å². The van der Waals surface area contributed by atoms with Crippen LogP contribution in [0.1, 0.15) is 31.7 Å². The summed E-state index contributed by atoms with van der Waals surface area (Å²) in [6.45, 7) is 6.95. The van der Waals surface area contributed by atoms with E-state index in [1.165, 1.54) is 5.56 Å². The van der Waals surface area contributed by atoms with Crippen LogP contribution in [-0.2, 0) is 0 Å². The van der Waals surface area contributed by atoms with Crippen LogP contribution in [0.15, 0.2) is 42.5 Å². The molecular weight excluding hydrogens is 342 g/mol. The van der Waals surface area contributed by atoms with Gasteiger partial charge in [0.05, 0.1) is 13.7 Å². The highest BCUT2D eigenvalue weighted by molar-refractivity contribution is 5.46. The summed E-state index contributed by atoms with van der Waals surface area (Å²) in [4.78, 5) is 0. The standard InChI is InChI=1S/C20H23NO4.C2H6/c1-22-16-4-2-14(3-5-16)18-8-9-21-11-15(18)12-23-17-6-7-19-20(10-17)25-13-24-19;1-2/h2-7,10,15,18,21H,8-9,11-13H2,1H3;1-2H3/t15-,18?;/m0./s1. The van der Waals surface area contributed by atoms with Gasteiger partial charge in [-0.3, -0.25) is 0 Å². The van der Waals surface area contributed by atoms with Crippen molar-refractivity contribution in [2.45, 2.75) is 26.2 Å². The number of ether oxygens (including phenoxy) is 4. The van der Waals surface area contributed by atoms with E-state index in [0.717, 1.165) is 42.5 Å². The minimum atomic E-state index is 0.283. The van der Waals surface area contributed by atoms with Gasteiger partial charge in [0.15, 0.2) is 11.5 Å². The van der Waals surface area contributed by atoms with Gasteiger partial charge in [0, 0.05) is 18.5 Å². The van der Waals surface area contributed by atoms with Crippen molar-refractivity contribution < 1.29 is 18.9 Å². The second-order valence-electron chi connectivity index (χ2n) is 6.46. The molecule has 1 unspecified atom stereocenters. The highest BCUT2D eigenvalue weighted by Crippen LogP contribution is 2.36. The highest BCUT2D eigenvalue weighted by atomic mass is 16.7. The van der Waals surface area contributed by atoms with Gasteiger partial charge in [-0.05, 0) is 48.7 Å². The lowest BCUT2D eigenvalue weighted by Crippen LogP contribution is -2.38. The largest absolute Gasteiger partial charge is 0.497 e. The lowest BCUT2D eigenvalue weighted by Gasteiger charge is -2.32. The first kappa shape index (κ1) is 19.4. The van der Waals surface area contributed by atoms with Gasteiger partial charge in [0.2, 0.25) is 6.79 Å². The summed E-state index contributed by atoms with van der Waals surface area (Å²) in [5.74, 6) is 4.16. The van der Waals surface area contributed by atoms with Crippen molar-refractivity contribution in [2.24, 2.45) is 5.92 Å². The average Bonchev–Trinajstić information content (AvgIpc) is 3.22. The Labute approximate surface area is 161 Å². The Hall–Kier alpha value is -2.40. The molecule has 0 radical (unpaired) electrons. The first-order valence-electron chi connectivity index (χ1n) is 9.70. The summed E-state index contributed by atoms with van der Waals surface area (Å²) in [7, 11) is 1.70. The highest BCUT2D eigenvalue weighted by Gasteiger charge is 2.27. The van der Waals surface area contributed by atoms with Gasteiger partial charge in [0.25, 0.3) is 0 Å². The number of hydrogen-bond acceptors (Lipinski definition) is 5. The minimum absolute atomic E-state index is 0.283. The minimum Gasteiger partial charge on any atom is -0.497 e. The molecule has 2 heterocycles. The topological polar surface area (TPSA) is 49.0 Å². The molecule has 5 nitrogen and oxygen atoms in total. The molecule has 0 bridgehead atoms. The van der Waals surface area contributed by atoms with E-state index >= 15 is 0 Å². The molecule has 146 valence electrons. The Morgan fingerprint density at radius 1 is 1.00 bits per heavy atom. The van der Waals surface area contributed by atoms with Crippen molar-refractivity contribution >= 4 is 0 Å². The fraction of sp³-hybridized carbons (Fsp3) is 0.455. The van der Waals surface area contributed by atoms with E-state index in [1.807, 2.05) is 44.2 Å². The maximum absolute atomic E-state index is 6.07. The number of fused-ring (bicyclic) bond motifs is 1. The quantitative estimate of drug-likeness (QED) is 0.853. The van der Waals surface area contributed by atoms with Crippen LogP contribution in [0.2, 0.25) is 0 Å². The molecule has 2 atom stereocenters. The summed E-state index contributed by atoms with van der Waals surface area (Å²) >= 11 is 0. The molecule has 27 heavy (non-hydrogen) atoms. The number of hydrogen-bond donors (Lipinski definition) is 1. The smallest absolute Gasteiger partial charge is 0.231 e. The third-order valence-electron chi connectivity index (χ3n) is 4.96. The molecule has 4 rings (SSSR count). The summed E-state index contributed by atoms with van der Waals surface area (Å²) in [5.41, 5.74) is 1.35. The molecule has 1 fully saturated rings. The molecular formula is C22H29NO4. The zero-order chi connectivity index (χ0) is 19.1. The molecule has 2 aliphatic rings. The molecule has 2 aliphatic heterocycles. The van der Waals surface area contributed by atoms with Crippen molar-refractivity contribution in [1.29, 1.82) is 0 Å². The second kappa shape index (κ2) is 9.51. The maximum atomic E-state index is 6.07. The van der Waals surface area contributed by atoms with E-state index in [1.54, 1.807) is 7.11 Å². The summed E-state index contributed by atoms with van der Waals surface area (Å²) in [5, 5.41) is 3.49. The molecule has 5 heteroatoms. The van der Waals surface area contributed by atoms with Crippen LogP contribution in [0.4, 0.5) is 0 Å². The lowest BCUT2D eigenvalue weighted by molar-refractivity contribution is 0.173. The third kappa shape index (κ3) is 4.66. The van der Waals surface area contributed by atoms with Gasteiger partial charge >= 0.3 is 0 Å². The molecule has 2 aromatic carbocycles. The van der Waals surface area contributed by atoms with Crippen molar-refractivity contribution in [3.63, 3.8) is 0 Å². The van der Waals surface area contributed by atoms with E-state index in [2.05, 4.69) is 17.4 Å².